The molecule has 1 aromatic carbocycles. The van der Waals surface area contributed by atoms with Crippen LogP contribution in [0.1, 0.15) is 16.8 Å². The summed E-state index contributed by atoms with van der Waals surface area (Å²) in [5, 5.41) is 0. The van der Waals surface area contributed by atoms with Crippen molar-refractivity contribution >= 4 is 31.7 Å². The Morgan fingerprint density at radius 2 is 1.74 bits per heavy atom. The van der Waals surface area contributed by atoms with Crippen LogP contribution in [-0.4, -0.2) is 72.6 Å². The maximum atomic E-state index is 12.5. The third kappa shape index (κ3) is 8.61. The van der Waals surface area contributed by atoms with Crippen LogP contribution in [0, 0.1) is 0 Å². The largest absolute Gasteiger partial charge is 0.494 e. The second-order valence-electron chi connectivity index (χ2n) is 6.90. The van der Waals surface area contributed by atoms with Crippen LogP contribution in [0.4, 0.5) is 5.82 Å². The van der Waals surface area contributed by atoms with Crippen molar-refractivity contribution < 1.29 is 30.6 Å². The lowest BCUT2D eigenvalue weighted by atomic mass is 10.2. The number of Topliss-reactive ketones (excluding diaryl/α,β-unsaturated/α-hetero) is 1. The quantitative estimate of drug-likeness (QED) is 0.277. The molecular formula is C19H25N3O7S2. The van der Waals surface area contributed by atoms with Gasteiger partial charge in [-0.05, 0) is 56.9 Å². The van der Waals surface area contributed by atoms with Crippen molar-refractivity contribution in [3.8, 4) is 5.75 Å². The molecule has 0 radical (unpaired) electrons. The van der Waals surface area contributed by atoms with E-state index in [2.05, 4.69) is 13.9 Å². The van der Waals surface area contributed by atoms with E-state index in [0.29, 0.717) is 12.4 Å². The maximum Gasteiger partial charge on any atom is 0.264 e. The number of hydrogen-bond acceptors (Lipinski definition) is 9. The van der Waals surface area contributed by atoms with E-state index in [4.69, 9.17) is 4.74 Å². The molecule has 0 fully saturated rings. The molecule has 0 unspecified atom stereocenters. The van der Waals surface area contributed by atoms with Crippen LogP contribution in [0.5, 0.6) is 5.75 Å². The van der Waals surface area contributed by atoms with Gasteiger partial charge in [0.05, 0.1) is 17.8 Å². The first kappa shape index (κ1) is 24.7. The van der Waals surface area contributed by atoms with Gasteiger partial charge in [0.1, 0.15) is 18.2 Å². The summed E-state index contributed by atoms with van der Waals surface area (Å²) >= 11 is 0. The van der Waals surface area contributed by atoms with Gasteiger partial charge in [0.15, 0.2) is 5.78 Å². The molecule has 0 amide bonds. The summed E-state index contributed by atoms with van der Waals surface area (Å²) in [6.07, 6.45) is 2.82. The minimum absolute atomic E-state index is 0.00425. The summed E-state index contributed by atoms with van der Waals surface area (Å²) in [6.45, 7) is 0.750. The Kier molecular flexibility index (Phi) is 8.51. The van der Waals surface area contributed by atoms with Gasteiger partial charge in [-0.25, -0.2) is 13.4 Å². The van der Waals surface area contributed by atoms with E-state index in [1.807, 2.05) is 19.0 Å². The van der Waals surface area contributed by atoms with Crippen molar-refractivity contribution in [3.63, 3.8) is 0 Å². The van der Waals surface area contributed by atoms with Gasteiger partial charge < -0.3 is 9.64 Å². The number of nitrogens with zero attached hydrogens (tertiary/aromatic N) is 2. The number of sulfonamides is 1. The summed E-state index contributed by atoms with van der Waals surface area (Å²) in [7, 11) is -3.69. The van der Waals surface area contributed by atoms with Crippen molar-refractivity contribution in [1.29, 1.82) is 0 Å². The lowest BCUT2D eigenvalue weighted by Gasteiger charge is -2.11. The average molecular weight is 472 g/mol. The van der Waals surface area contributed by atoms with Gasteiger partial charge in [0, 0.05) is 18.3 Å². The van der Waals surface area contributed by atoms with Crippen LogP contribution in [0.2, 0.25) is 0 Å². The van der Waals surface area contributed by atoms with E-state index in [9.17, 15) is 21.6 Å². The molecule has 0 aliphatic carbocycles. The zero-order chi connectivity index (χ0) is 23.1. The van der Waals surface area contributed by atoms with Gasteiger partial charge in [-0.2, -0.15) is 8.42 Å². The lowest BCUT2D eigenvalue weighted by molar-refractivity contribution is 0.0925. The SMILES string of the molecule is CN(C)CCCOc1ccc(S(=O)(=O)Nc2ccc(C(=O)COS(C)(=O)=O)cn2)cc1. The predicted octanol–water partition coefficient (Wildman–Crippen LogP) is 1.37. The second-order valence-corrected chi connectivity index (χ2v) is 10.2. The number of rotatable bonds is 12. The fourth-order valence-corrected chi connectivity index (χ4v) is 3.67. The van der Waals surface area contributed by atoms with E-state index in [-0.39, 0.29) is 16.3 Å². The number of carbonyl (C=O) groups excluding carboxylic acids is 1. The van der Waals surface area contributed by atoms with Gasteiger partial charge >= 0.3 is 0 Å². The molecule has 170 valence electrons. The first-order valence-electron chi connectivity index (χ1n) is 9.20. The number of carbonyl (C=O) groups is 1. The molecule has 2 aromatic rings. The van der Waals surface area contributed by atoms with Crippen molar-refractivity contribution in [2.75, 3.05) is 44.8 Å². The zero-order valence-corrected chi connectivity index (χ0v) is 19.1. The third-order valence-electron chi connectivity index (χ3n) is 3.88. The van der Waals surface area contributed by atoms with Crippen molar-refractivity contribution in [1.82, 2.24) is 9.88 Å². The van der Waals surface area contributed by atoms with E-state index in [0.717, 1.165) is 25.4 Å². The number of benzene rings is 1. The van der Waals surface area contributed by atoms with Crippen molar-refractivity contribution in [2.24, 2.45) is 0 Å². The summed E-state index contributed by atoms with van der Waals surface area (Å²) in [5.74, 6) is -0.0342. The number of nitrogens with one attached hydrogen (secondary N) is 1. The number of pyridine rings is 1. The molecule has 0 aliphatic rings. The number of ketones is 1. The molecule has 1 N–H and O–H groups in total. The fourth-order valence-electron chi connectivity index (χ4n) is 2.35. The Hall–Kier alpha value is -2.54. The van der Waals surface area contributed by atoms with Crippen LogP contribution in [0.25, 0.3) is 0 Å². The second kappa shape index (κ2) is 10.7. The molecule has 0 bridgehead atoms. The molecule has 31 heavy (non-hydrogen) atoms. The van der Waals surface area contributed by atoms with Gasteiger partial charge in [0.2, 0.25) is 0 Å². The molecule has 1 heterocycles. The summed E-state index contributed by atoms with van der Waals surface area (Å²) in [4.78, 5) is 17.8. The van der Waals surface area contributed by atoms with Crippen LogP contribution in [-0.2, 0) is 24.3 Å². The Labute approximate surface area is 182 Å². The Morgan fingerprint density at radius 3 is 2.29 bits per heavy atom. The topological polar surface area (TPSA) is 132 Å². The first-order valence-corrected chi connectivity index (χ1v) is 12.5. The average Bonchev–Trinajstić information content (AvgIpc) is 2.69. The lowest BCUT2D eigenvalue weighted by Crippen LogP contribution is -2.16. The smallest absolute Gasteiger partial charge is 0.264 e. The monoisotopic (exact) mass is 471 g/mol. The maximum absolute atomic E-state index is 12.5. The first-order chi connectivity index (χ1) is 14.5. The van der Waals surface area contributed by atoms with Gasteiger partial charge in [-0.15, -0.1) is 0 Å². The minimum atomic E-state index is -3.89. The Bertz CT molecular complexity index is 1080. The molecule has 0 saturated carbocycles. The minimum Gasteiger partial charge on any atom is -0.494 e. The molecule has 0 saturated heterocycles. The van der Waals surface area contributed by atoms with Crippen LogP contribution in [0.15, 0.2) is 47.5 Å². The highest BCUT2D eigenvalue weighted by molar-refractivity contribution is 7.92. The number of ether oxygens (including phenoxy) is 1. The van der Waals surface area contributed by atoms with Gasteiger partial charge in [0.25, 0.3) is 20.1 Å². The molecule has 10 nitrogen and oxygen atoms in total. The fraction of sp³-hybridized carbons (Fsp3) is 0.368. The van der Waals surface area contributed by atoms with Crippen LogP contribution in [0.3, 0.4) is 0 Å². The summed E-state index contributed by atoms with van der Waals surface area (Å²) in [6, 6.07) is 8.60. The van der Waals surface area contributed by atoms with Gasteiger partial charge in [-0.3, -0.25) is 13.7 Å². The molecule has 0 spiro atoms. The van der Waals surface area contributed by atoms with E-state index in [1.165, 1.54) is 24.3 Å². The van der Waals surface area contributed by atoms with Crippen molar-refractivity contribution in [2.45, 2.75) is 11.3 Å². The molecule has 2 rings (SSSR count). The predicted molar refractivity (Wildman–Crippen MR) is 115 cm³/mol. The molecule has 0 atom stereocenters. The number of hydrogen-bond donors (Lipinski definition) is 1. The van der Waals surface area contributed by atoms with Gasteiger partial charge in [-0.1, -0.05) is 0 Å². The van der Waals surface area contributed by atoms with Crippen molar-refractivity contribution in [3.05, 3.63) is 48.2 Å². The highest BCUT2D eigenvalue weighted by Crippen LogP contribution is 2.19. The highest BCUT2D eigenvalue weighted by atomic mass is 32.2. The van der Waals surface area contributed by atoms with Crippen LogP contribution >= 0.6 is 0 Å². The van der Waals surface area contributed by atoms with E-state index >= 15 is 0 Å². The summed E-state index contributed by atoms with van der Waals surface area (Å²) < 4.78 is 59.3. The Morgan fingerprint density at radius 1 is 1.06 bits per heavy atom. The zero-order valence-electron chi connectivity index (χ0n) is 17.4. The van der Waals surface area contributed by atoms with E-state index in [1.54, 1.807) is 12.1 Å². The number of anilines is 1. The third-order valence-corrected chi connectivity index (χ3v) is 5.80. The number of aromatic nitrogens is 1. The molecule has 12 heteroatoms. The Balaban J connectivity index is 1.96. The standard InChI is InChI=1S/C19H25N3O7S2/c1-22(2)11-4-12-28-16-6-8-17(9-7-16)31(26,27)21-19-10-5-15(13-20-19)18(23)14-29-30(3,24)25/h5-10,13H,4,11-12,14H2,1-3H3,(H,20,21). The summed E-state index contributed by atoms with van der Waals surface area (Å²) in [5.41, 5.74) is 0.0855. The molecule has 0 aliphatic heterocycles. The van der Waals surface area contributed by atoms with Crippen LogP contribution < -0.4 is 9.46 Å². The molecular weight excluding hydrogens is 446 g/mol. The highest BCUT2D eigenvalue weighted by Gasteiger charge is 2.16. The molecule has 1 aromatic heterocycles. The normalized spacial score (nSPS) is 12.0. The van der Waals surface area contributed by atoms with E-state index < -0.39 is 32.5 Å².